The van der Waals surface area contributed by atoms with Crippen molar-refractivity contribution in [3.8, 4) is 0 Å². The summed E-state index contributed by atoms with van der Waals surface area (Å²) in [6, 6.07) is 6.21. The fourth-order valence-corrected chi connectivity index (χ4v) is 3.01. The molecule has 1 saturated carbocycles. The fraction of sp³-hybridized carbons (Fsp3) is 0.529. The van der Waals surface area contributed by atoms with Crippen molar-refractivity contribution < 1.29 is 9.90 Å². The highest BCUT2D eigenvalue weighted by atomic mass is 16.3. The minimum atomic E-state index is -0.0643. The number of nitrogens with one attached hydrogen (secondary N) is 1. The third-order valence-electron chi connectivity index (χ3n) is 4.76. The van der Waals surface area contributed by atoms with Gasteiger partial charge in [-0.25, -0.2) is 0 Å². The van der Waals surface area contributed by atoms with E-state index >= 15 is 0 Å². The average molecular weight is 301 g/mol. The van der Waals surface area contributed by atoms with Gasteiger partial charge in [-0.15, -0.1) is 0 Å². The van der Waals surface area contributed by atoms with Gasteiger partial charge in [-0.3, -0.25) is 9.48 Å². The fourth-order valence-electron chi connectivity index (χ4n) is 3.01. The molecule has 0 atom stereocenters. The van der Waals surface area contributed by atoms with Crippen molar-refractivity contribution in [2.24, 2.45) is 5.41 Å². The highest BCUT2D eigenvalue weighted by Gasteiger charge is 2.36. The number of benzene rings is 1. The molecule has 1 aliphatic carbocycles. The van der Waals surface area contributed by atoms with Gasteiger partial charge in [-0.05, 0) is 31.4 Å². The first-order valence-electron chi connectivity index (χ1n) is 7.92. The number of carbonyl (C=O) groups excluding carboxylic acids is 1. The summed E-state index contributed by atoms with van der Waals surface area (Å²) < 4.78 is 1.88. The molecule has 0 aliphatic heterocycles. The molecule has 22 heavy (non-hydrogen) atoms. The number of aryl methyl sites for hydroxylation is 2. The molecule has 118 valence electrons. The van der Waals surface area contributed by atoms with Crippen LogP contribution >= 0.6 is 0 Å². The standard InChI is InChI=1S/C17H23N3O2/c1-13-3-4-14-10-19-20(15(14)9-13)8-5-16(22)18-11-17(12-21)6-2-7-17/h3-4,9-10,21H,2,5-8,11-12H2,1H3,(H,18,22). The van der Waals surface area contributed by atoms with Gasteiger partial charge in [0.1, 0.15) is 0 Å². The van der Waals surface area contributed by atoms with Crippen LogP contribution in [-0.2, 0) is 11.3 Å². The Labute approximate surface area is 130 Å². The van der Waals surface area contributed by atoms with E-state index in [4.69, 9.17) is 0 Å². The number of fused-ring (bicyclic) bond motifs is 1. The van der Waals surface area contributed by atoms with Crippen LogP contribution in [0.25, 0.3) is 10.9 Å². The zero-order valence-corrected chi connectivity index (χ0v) is 13.0. The first-order valence-corrected chi connectivity index (χ1v) is 7.92. The predicted octanol–water partition coefficient (Wildman–Crippen LogP) is 2.01. The topological polar surface area (TPSA) is 67.2 Å². The van der Waals surface area contributed by atoms with Crippen LogP contribution in [0.5, 0.6) is 0 Å². The van der Waals surface area contributed by atoms with Crippen molar-refractivity contribution in [3.63, 3.8) is 0 Å². The summed E-state index contributed by atoms with van der Waals surface area (Å²) in [7, 11) is 0. The van der Waals surface area contributed by atoms with E-state index in [9.17, 15) is 9.90 Å². The summed E-state index contributed by atoms with van der Waals surface area (Å²) >= 11 is 0. The maximum absolute atomic E-state index is 12.0. The van der Waals surface area contributed by atoms with Gasteiger partial charge in [0, 0.05) is 23.8 Å². The minimum absolute atomic E-state index is 0.0241. The van der Waals surface area contributed by atoms with Crippen LogP contribution in [0, 0.1) is 12.3 Å². The van der Waals surface area contributed by atoms with E-state index < -0.39 is 0 Å². The average Bonchev–Trinajstić information content (AvgIpc) is 2.86. The number of hydrogen-bond acceptors (Lipinski definition) is 3. The first kappa shape index (κ1) is 15.0. The lowest BCUT2D eigenvalue weighted by atomic mass is 9.69. The Morgan fingerprint density at radius 2 is 2.27 bits per heavy atom. The van der Waals surface area contributed by atoms with E-state index in [-0.39, 0.29) is 17.9 Å². The van der Waals surface area contributed by atoms with E-state index in [1.54, 1.807) is 0 Å². The van der Waals surface area contributed by atoms with E-state index in [2.05, 4.69) is 35.5 Å². The smallest absolute Gasteiger partial charge is 0.221 e. The summed E-state index contributed by atoms with van der Waals surface area (Å²) in [6.07, 6.45) is 5.41. The third kappa shape index (κ3) is 2.99. The lowest BCUT2D eigenvalue weighted by molar-refractivity contribution is -0.122. The van der Waals surface area contributed by atoms with Crippen LogP contribution in [-0.4, -0.2) is 33.9 Å². The second kappa shape index (κ2) is 6.08. The van der Waals surface area contributed by atoms with Gasteiger partial charge in [-0.2, -0.15) is 5.10 Å². The van der Waals surface area contributed by atoms with Crippen LogP contribution < -0.4 is 5.32 Å². The predicted molar refractivity (Wildman–Crippen MR) is 85.5 cm³/mol. The summed E-state index contributed by atoms with van der Waals surface area (Å²) in [5, 5.41) is 17.8. The zero-order valence-electron chi connectivity index (χ0n) is 13.0. The van der Waals surface area contributed by atoms with Gasteiger partial charge in [0.05, 0.1) is 24.9 Å². The lowest BCUT2D eigenvalue weighted by Gasteiger charge is -2.40. The molecule has 2 N–H and O–H groups in total. The molecule has 1 heterocycles. The van der Waals surface area contributed by atoms with E-state index in [0.717, 1.165) is 30.2 Å². The van der Waals surface area contributed by atoms with Crippen LogP contribution in [0.4, 0.5) is 0 Å². The number of aliphatic hydroxyl groups is 1. The summed E-state index contributed by atoms with van der Waals surface area (Å²) in [5.74, 6) is 0.0241. The van der Waals surface area contributed by atoms with Crippen molar-refractivity contribution in [1.82, 2.24) is 15.1 Å². The molecular weight excluding hydrogens is 278 g/mol. The first-order chi connectivity index (χ1) is 10.6. The highest BCUT2D eigenvalue weighted by Crippen LogP contribution is 2.39. The molecule has 0 radical (unpaired) electrons. The van der Waals surface area contributed by atoms with Crippen LogP contribution in [0.2, 0.25) is 0 Å². The van der Waals surface area contributed by atoms with Gasteiger partial charge < -0.3 is 10.4 Å². The monoisotopic (exact) mass is 301 g/mol. The summed E-state index contributed by atoms with van der Waals surface area (Å²) in [5.41, 5.74) is 2.19. The van der Waals surface area contributed by atoms with E-state index in [0.29, 0.717) is 19.5 Å². The number of aliphatic hydroxyl groups excluding tert-OH is 1. The largest absolute Gasteiger partial charge is 0.396 e. The van der Waals surface area contributed by atoms with Crippen molar-refractivity contribution in [1.29, 1.82) is 0 Å². The normalized spacial score (nSPS) is 16.5. The number of carbonyl (C=O) groups is 1. The molecule has 0 spiro atoms. The molecule has 3 rings (SSSR count). The van der Waals surface area contributed by atoms with E-state index in [1.165, 1.54) is 5.56 Å². The Morgan fingerprint density at radius 1 is 1.45 bits per heavy atom. The zero-order chi connectivity index (χ0) is 15.6. The maximum atomic E-state index is 12.0. The van der Waals surface area contributed by atoms with Crippen LogP contribution in [0.1, 0.15) is 31.2 Å². The summed E-state index contributed by atoms with van der Waals surface area (Å²) in [6.45, 7) is 3.37. The second-order valence-electron chi connectivity index (χ2n) is 6.47. The Morgan fingerprint density at radius 3 is 2.95 bits per heavy atom. The molecule has 1 fully saturated rings. The number of amides is 1. The molecule has 1 aromatic heterocycles. The number of rotatable bonds is 6. The molecule has 1 amide bonds. The second-order valence-corrected chi connectivity index (χ2v) is 6.47. The van der Waals surface area contributed by atoms with E-state index in [1.807, 2.05) is 10.9 Å². The van der Waals surface area contributed by atoms with Gasteiger partial charge in [0.25, 0.3) is 0 Å². The van der Waals surface area contributed by atoms with Gasteiger partial charge in [0.2, 0.25) is 5.91 Å². The van der Waals surface area contributed by atoms with Crippen molar-refractivity contribution >= 4 is 16.8 Å². The number of aromatic nitrogens is 2. The molecule has 1 aliphatic rings. The molecule has 0 bridgehead atoms. The quantitative estimate of drug-likeness (QED) is 0.857. The Bertz CT molecular complexity index is 668. The molecule has 5 heteroatoms. The lowest BCUT2D eigenvalue weighted by Crippen LogP contribution is -2.44. The number of nitrogens with zero attached hydrogens (tertiary/aromatic N) is 2. The molecule has 5 nitrogen and oxygen atoms in total. The summed E-state index contributed by atoms with van der Waals surface area (Å²) in [4.78, 5) is 12.0. The minimum Gasteiger partial charge on any atom is -0.396 e. The molecule has 0 unspecified atom stereocenters. The van der Waals surface area contributed by atoms with Gasteiger partial charge in [-0.1, -0.05) is 18.6 Å². The molecule has 2 aromatic rings. The van der Waals surface area contributed by atoms with Crippen LogP contribution in [0.15, 0.2) is 24.4 Å². The van der Waals surface area contributed by atoms with Gasteiger partial charge in [0.15, 0.2) is 0 Å². The van der Waals surface area contributed by atoms with Crippen molar-refractivity contribution in [2.75, 3.05) is 13.2 Å². The number of hydrogen-bond donors (Lipinski definition) is 2. The van der Waals surface area contributed by atoms with Crippen molar-refractivity contribution in [3.05, 3.63) is 30.0 Å². The molecular formula is C17H23N3O2. The molecule has 0 saturated heterocycles. The van der Waals surface area contributed by atoms with Crippen LogP contribution in [0.3, 0.4) is 0 Å². The van der Waals surface area contributed by atoms with Crippen molar-refractivity contribution in [2.45, 2.75) is 39.2 Å². The Kier molecular flexibility index (Phi) is 4.16. The van der Waals surface area contributed by atoms with Gasteiger partial charge >= 0.3 is 0 Å². The SMILES string of the molecule is Cc1ccc2cnn(CCC(=O)NCC3(CO)CCC3)c2c1. The maximum Gasteiger partial charge on any atom is 0.221 e. The highest BCUT2D eigenvalue weighted by molar-refractivity contribution is 5.80. The Hall–Kier alpha value is -1.88. The molecule has 1 aromatic carbocycles. The Balaban J connectivity index is 1.55. The third-order valence-corrected chi connectivity index (χ3v) is 4.76.